The number of carboxylic acids is 1. The predicted octanol–water partition coefficient (Wildman–Crippen LogP) is 4.47. The Morgan fingerprint density at radius 1 is 1.15 bits per heavy atom. The number of carboxylic acid groups (broad SMARTS) is 1. The van der Waals surface area contributed by atoms with E-state index in [1.165, 1.54) is 0 Å². The Balaban J connectivity index is 2.12. The van der Waals surface area contributed by atoms with Crippen molar-refractivity contribution in [2.24, 2.45) is 0 Å². The van der Waals surface area contributed by atoms with Gasteiger partial charge in [0.15, 0.2) is 0 Å². The van der Waals surface area contributed by atoms with E-state index >= 15 is 0 Å². The van der Waals surface area contributed by atoms with Crippen LogP contribution in [0.3, 0.4) is 0 Å². The van der Waals surface area contributed by atoms with Crippen LogP contribution in [0.5, 0.6) is 5.75 Å². The van der Waals surface area contributed by atoms with Crippen LogP contribution in [0.15, 0.2) is 42.5 Å². The second kappa shape index (κ2) is 10.0. The summed E-state index contributed by atoms with van der Waals surface area (Å²) in [7, 11) is 0. The first-order valence-corrected chi connectivity index (χ1v) is 8.89. The van der Waals surface area contributed by atoms with Crippen LogP contribution in [0.1, 0.15) is 35.1 Å². The van der Waals surface area contributed by atoms with Crippen molar-refractivity contribution in [3.8, 4) is 5.75 Å². The normalized spacial score (nSPS) is 12.2. The van der Waals surface area contributed by atoms with E-state index < -0.39 is 12.6 Å². The third-order valence-electron chi connectivity index (χ3n) is 4.51. The van der Waals surface area contributed by atoms with Crippen molar-refractivity contribution in [2.75, 3.05) is 0 Å². The van der Waals surface area contributed by atoms with Crippen LogP contribution in [-0.2, 0) is 17.8 Å². The van der Waals surface area contributed by atoms with Crippen LogP contribution < -0.4 is 10.1 Å². The van der Waals surface area contributed by atoms with Gasteiger partial charge in [-0.1, -0.05) is 36.4 Å². The number of nitrogens with one attached hydrogen (secondary N) is 1. The molecule has 146 valence electrons. The van der Waals surface area contributed by atoms with Gasteiger partial charge in [0.2, 0.25) is 0 Å². The Morgan fingerprint density at radius 3 is 2.44 bits per heavy atom. The Morgan fingerprint density at radius 2 is 1.81 bits per heavy atom. The molecule has 0 spiro atoms. The van der Waals surface area contributed by atoms with Crippen LogP contribution in [-0.4, -0.2) is 23.7 Å². The highest BCUT2D eigenvalue weighted by atomic mass is 19.3. The van der Waals surface area contributed by atoms with Crippen molar-refractivity contribution in [3.63, 3.8) is 0 Å². The fourth-order valence-electron chi connectivity index (χ4n) is 2.92. The third-order valence-corrected chi connectivity index (χ3v) is 4.51. The number of ether oxygens (including phenoxy) is 1. The van der Waals surface area contributed by atoms with E-state index in [1.54, 1.807) is 6.07 Å². The van der Waals surface area contributed by atoms with Gasteiger partial charge in [-0.2, -0.15) is 8.78 Å². The quantitative estimate of drug-likeness (QED) is 0.641. The first-order chi connectivity index (χ1) is 12.8. The predicted molar refractivity (Wildman–Crippen MR) is 100 cm³/mol. The molecule has 0 aliphatic rings. The van der Waals surface area contributed by atoms with Gasteiger partial charge in [0.25, 0.3) is 0 Å². The molecule has 0 saturated carbocycles. The zero-order chi connectivity index (χ0) is 19.8. The molecule has 1 unspecified atom stereocenters. The highest BCUT2D eigenvalue weighted by Crippen LogP contribution is 2.25. The van der Waals surface area contributed by atoms with E-state index in [0.29, 0.717) is 24.9 Å². The molecule has 0 fully saturated rings. The third kappa shape index (κ3) is 6.98. The van der Waals surface area contributed by atoms with Gasteiger partial charge in [-0.25, -0.2) is 0 Å². The minimum Gasteiger partial charge on any atom is -0.481 e. The topological polar surface area (TPSA) is 58.6 Å². The van der Waals surface area contributed by atoms with E-state index in [1.807, 2.05) is 50.2 Å². The van der Waals surface area contributed by atoms with Crippen LogP contribution in [0.25, 0.3) is 0 Å². The number of hydrogen-bond donors (Lipinski definition) is 2. The smallest absolute Gasteiger partial charge is 0.387 e. The minimum atomic E-state index is -2.89. The summed E-state index contributed by atoms with van der Waals surface area (Å²) in [5.74, 6) is -0.708. The monoisotopic (exact) mass is 377 g/mol. The van der Waals surface area contributed by atoms with Crippen molar-refractivity contribution in [1.82, 2.24) is 5.32 Å². The van der Waals surface area contributed by atoms with E-state index in [9.17, 15) is 13.6 Å². The molecule has 2 aromatic rings. The molecular formula is C21H25F2NO3. The Labute approximate surface area is 158 Å². The summed E-state index contributed by atoms with van der Waals surface area (Å²) in [6.07, 6.45) is 1.14. The van der Waals surface area contributed by atoms with Gasteiger partial charge >= 0.3 is 12.6 Å². The van der Waals surface area contributed by atoms with E-state index in [4.69, 9.17) is 5.11 Å². The number of benzene rings is 2. The highest BCUT2D eigenvalue weighted by Gasteiger charge is 2.15. The molecule has 0 saturated heterocycles. The number of hydrogen-bond acceptors (Lipinski definition) is 3. The lowest BCUT2D eigenvalue weighted by Gasteiger charge is -2.20. The Kier molecular flexibility index (Phi) is 7.73. The van der Waals surface area contributed by atoms with Gasteiger partial charge in [-0.05, 0) is 49.4 Å². The number of carbonyl (C=O) groups is 1. The van der Waals surface area contributed by atoms with E-state index in [0.717, 1.165) is 16.7 Å². The van der Waals surface area contributed by atoms with E-state index in [2.05, 4.69) is 10.1 Å². The molecule has 1 atom stereocenters. The summed E-state index contributed by atoms with van der Waals surface area (Å²) < 4.78 is 30.1. The molecule has 6 heteroatoms. The Bertz CT molecular complexity index is 751. The van der Waals surface area contributed by atoms with Gasteiger partial charge in [-0.15, -0.1) is 0 Å². The second-order valence-electron chi connectivity index (χ2n) is 6.62. The average Bonchev–Trinajstić information content (AvgIpc) is 2.61. The van der Waals surface area contributed by atoms with Crippen molar-refractivity contribution in [2.45, 2.75) is 52.3 Å². The van der Waals surface area contributed by atoms with Crippen molar-refractivity contribution >= 4 is 5.97 Å². The van der Waals surface area contributed by atoms with Crippen molar-refractivity contribution < 1.29 is 23.4 Å². The summed E-state index contributed by atoms with van der Waals surface area (Å²) in [5.41, 5.74) is 3.58. The first-order valence-electron chi connectivity index (χ1n) is 8.89. The average molecular weight is 377 g/mol. The molecule has 0 aliphatic carbocycles. The highest BCUT2D eigenvalue weighted by molar-refractivity contribution is 5.66. The van der Waals surface area contributed by atoms with Crippen LogP contribution in [0.2, 0.25) is 0 Å². The van der Waals surface area contributed by atoms with Gasteiger partial charge in [0.05, 0.1) is 0 Å². The van der Waals surface area contributed by atoms with E-state index in [-0.39, 0.29) is 18.2 Å². The van der Waals surface area contributed by atoms with Crippen LogP contribution >= 0.6 is 0 Å². The first kappa shape index (κ1) is 20.8. The van der Waals surface area contributed by atoms with Gasteiger partial charge in [0, 0.05) is 24.6 Å². The standard InChI is InChI=1S/C21H25F2NO3/c1-14-10-17(19(11-15(14)2)27-21(22)23)13-24-18(8-9-20(25)26)12-16-6-4-3-5-7-16/h3-7,10-11,18,21,24H,8-9,12-13H2,1-2H3,(H,25,26). The summed E-state index contributed by atoms with van der Waals surface area (Å²) in [5, 5.41) is 12.3. The molecule has 2 N–H and O–H groups in total. The molecule has 0 bridgehead atoms. The SMILES string of the molecule is Cc1cc(CNC(CCC(=O)O)Cc2ccccc2)c(OC(F)F)cc1C. The number of rotatable bonds is 10. The van der Waals surface area contributed by atoms with Gasteiger partial charge in [0.1, 0.15) is 5.75 Å². The van der Waals surface area contributed by atoms with Gasteiger partial charge < -0.3 is 15.2 Å². The van der Waals surface area contributed by atoms with Crippen LogP contribution in [0.4, 0.5) is 8.78 Å². The molecule has 27 heavy (non-hydrogen) atoms. The summed E-state index contributed by atoms with van der Waals surface area (Å²) in [4.78, 5) is 11.0. The maximum Gasteiger partial charge on any atom is 0.387 e. The molecule has 4 nitrogen and oxygen atoms in total. The second-order valence-corrected chi connectivity index (χ2v) is 6.62. The molecule has 0 aromatic heterocycles. The minimum absolute atomic E-state index is 0.0395. The molecule has 0 aliphatic heterocycles. The molecule has 0 amide bonds. The van der Waals surface area contributed by atoms with Crippen LogP contribution in [0, 0.1) is 13.8 Å². The zero-order valence-electron chi connectivity index (χ0n) is 15.5. The van der Waals surface area contributed by atoms with Gasteiger partial charge in [-0.3, -0.25) is 4.79 Å². The number of alkyl halides is 2. The largest absolute Gasteiger partial charge is 0.481 e. The maximum absolute atomic E-state index is 12.7. The fraction of sp³-hybridized carbons (Fsp3) is 0.381. The summed E-state index contributed by atoms with van der Waals surface area (Å²) in [6, 6.07) is 13.1. The lowest BCUT2D eigenvalue weighted by molar-refractivity contribution is -0.137. The summed E-state index contributed by atoms with van der Waals surface area (Å²) >= 11 is 0. The zero-order valence-corrected chi connectivity index (χ0v) is 15.5. The lowest BCUT2D eigenvalue weighted by Crippen LogP contribution is -2.31. The number of halogens is 2. The summed E-state index contributed by atoms with van der Waals surface area (Å²) in [6.45, 7) is 1.19. The maximum atomic E-state index is 12.7. The number of aryl methyl sites for hydroxylation is 2. The lowest BCUT2D eigenvalue weighted by atomic mass is 10.0. The molecular weight excluding hydrogens is 352 g/mol. The van der Waals surface area contributed by atoms with Crippen molar-refractivity contribution in [3.05, 3.63) is 64.7 Å². The Hall–Kier alpha value is -2.47. The molecule has 2 rings (SSSR count). The number of aliphatic carboxylic acids is 1. The fourth-order valence-corrected chi connectivity index (χ4v) is 2.92. The molecule has 0 heterocycles. The van der Waals surface area contributed by atoms with Crippen molar-refractivity contribution in [1.29, 1.82) is 0 Å². The molecule has 2 aromatic carbocycles. The molecule has 0 radical (unpaired) electrons.